The molecule has 9 heteroatoms. The topological polar surface area (TPSA) is 84.7 Å². The van der Waals surface area contributed by atoms with E-state index in [2.05, 4.69) is 5.10 Å². The quantitative estimate of drug-likeness (QED) is 0.771. The Morgan fingerprint density at radius 2 is 1.88 bits per heavy atom. The van der Waals surface area contributed by atoms with Crippen molar-refractivity contribution in [1.82, 2.24) is 19.0 Å². The molecule has 2 aliphatic heterocycles. The van der Waals surface area contributed by atoms with Crippen LogP contribution in [0.15, 0.2) is 4.90 Å². The van der Waals surface area contributed by atoms with Crippen molar-refractivity contribution < 1.29 is 17.9 Å². The Hall–Kier alpha value is -1.45. The summed E-state index contributed by atoms with van der Waals surface area (Å²) in [5, 5.41) is 4.36. The van der Waals surface area contributed by atoms with E-state index in [1.54, 1.807) is 23.1 Å². The van der Waals surface area contributed by atoms with Crippen molar-refractivity contribution in [1.29, 1.82) is 0 Å². The molecule has 0 aliphatic carbocycles. The van der Waals surface area contributed by atoms with E-state index >= 15 is 0 Å². The molecular formula is C17H28N4O4S. The Labute approximate surface area is 155 Å². The van der Waals surface area contributed by atoms with Gasteiger partial charge in [-0.3, -0.25) is 9.48 Å². The van der Waals surface area contributed by atoms with E-state index in [0.29, 0.717) is 44.2 Å². The maximum absolute atomic E-state index is 13.0. The van der Waals surface area contributed by atoms with Crippen LogP contribution in [0.3, 0.4) is 0 Å². The number of piperidine rings is 1. The zero-order chi connectivity index (χ0) is 18.9. The van der Waals surface area contributed by atoms with Crippen molar-refractivity contribution in [3.05, 3.63) is 11.4 Å². The highest BCUT2D eigenvalue weighted by molar-refractivity contribution is 7.89. The first-order valence-electron chi connectivity index (χ1n) is 9.24. The molecule has 1 unspecified atom stereocenters. The third-order valence-corrected chi connectivity index (χ3v) is 7.26. The predicted octanol–water partition coefficient (Wildman–Crippen LogP) is 0.922. The summed E-state index contributed by atoms with van der Waals surface area (Å²) in [5.41, 5.74) is 0.985. The summed E-state index contributed by atoms with van der Waals surface area (Å²) in [6, 6.07) is 0. The summed E-state index contributed by atoms with van der Waals surface area (Å²) < 4.78 is 34.6. The average molecular weight is 385 g/mol. The number of hydrogen-bond acceptors (Lipinski definition) is 5. The van der Waals surface area contributed by atoms with Gasteiger partial charge in [0.15, 0.2) is 0 Å². The van der Waals surface area contributed by atoms with Crippen molar-refractivity contribution in [3.8, 4) is 0 Å². The molecule has 146 valence electrons. The second-order valence-corrected chi connectivity index (χ2v) is 9.02. The van der Waals surface area contributed by atoms with Crippen LogP contribution in [0, 0.1) is 13.8 Å². The first-order chi connectivity index (χ1) is 12.3. The molecule has 8 nitrogen and oxygen atoms in total. The lowest BCUT2D eigenvalue weighted by atomic mass is 10.2. The zero-order valence-corrected chi connectivity index (χ0v) is 16.6. The van der Waals surface area contributed by atoms with Crippen LogP contribution in [0.2, 0.25) is 0 Å². The smallest absolute Gasteiger partial charge is 0.246 e. The molecule has 1 aromatic rings. The molecule has 0 N–H and O–H groups in total. The number of aryl methyl sites for hydroxylation is 1. The van der Waals surface area contributed by atoms with Gasteiger partial charge in [0.05, 0.1) is 24.1 Å². The lowest BCUT2D eigenvalue weighted by Gasteiger charge is -2.31. The van der Waals surface area contributed by atoms with Crippen LogP contribution in [0.1, 0.15) is 37.6 Å². The number of carbonyl (C=O) groups is 1. The standard InChI is InChI=1S/C17H28N4O4S/c1-13-11-19(9-10-25-13)16(22)12-21-15(3)17(14(2)18-21)26(23,24)20-7-5-4-6-8-20/h13H,4-12H2,1-3H3. The Morgan fingerprint density at radius 1 is 1.19 bits per heavy atom. The first kappa shape index (κ1) is 19.3. The fraction of sp³-hybridized carbons (Fsp3) is 0.765. The maximum atomic E-state index is 13.0. The Balaban J connectivity index is 1.80. The molecule has 0 saturated carbocycles. The van der Waals surface area contributed by atoms with Crippen LogP contribution in [0.5, 0.6) is 0 Å². The fourth-order valence-electron chi connectivity index (χ4n) is 3.72. The highest BCUT2D eigenvalue weighted by Gasteiger charge is 2.32. The number of carbonyl (C=O) groups excluding carboxylic acids is 1. The highest BCUT2D eigenvalue weighted by Crippen LogP contribution is 2.26. The van der Waals surface area contributed by atoms with Crippen LogP contribution >= 0.6 is 0 Å². The van der Waals surface area contributed by atoms with Gasteiger partial charge in [-0.05, 0) is 33.6 Å². The third-order valence-electron chi connectivity index (χ3n) is 5.11. The summed E-state index contributed by atoms with van der Waals surface area (Å²) in [6.45, 7) is 8.15. The summed E-state index contributed by atoms with van der Waals surface area (Å²) >= 11 is 0. The second-order valence-electron chi connectivity index (χ2n) is 7.14. The van der Waals surface area contributed by atoms with Crippen LogP contribution in [0.4, 0.5) is 0 Å². The van der Waals surface area contributed by atoms with E-state index in [4.69, 9.17) is 4.74 Å². The molecule has 26 heavy (non-hydrogen) atoms. The number of ether oxygens (including phenoxy) is 1. The largest absolute Gasteiger partial charge is 0.375 e. The molecule has 0 radical (unpaired) electrons. The number of amides is 1. The number of aromatic nitrogens is 2. The monoisotopic (exact) mass is 384 g/mol. The molecule has 3 rings (SSSR count). The molecule has 1 amide bonds. The summed E-state index contributed by atoms with van der Waals surface area (Å²) in [5.74, 6) is -0.0623. The molecule has 3 heterocycles. The van der Waals surface area contributed by atoms with Crippen molar-refractivity contribution >= 4 is 15.9 Å². The predicted molar refractivity (Wildman–Crippen MR) is 96.3 cm³/mol. The van der Waals surface area contributed by atoms with Gasteiger partial charge < -0.3 is 9.64 Å². The average Bonchev–Trinajstić information content (AvgIpc) is 2.89. The minimum absolute atomic E-state index is 0.0168. The van der Waals surface area contributed by atoms with Crippen LogP contribution in [-0.2, 0) is 26.1 Å². The van der Waals surface area contributed by atoms with Gasteiger partial charge in [0.25, 0.3) is 0 Å². The van der Waals surface area contributed by atoms with Crippen LogP contribution < -0.4 is 0 Å². The van der Waals surface area contributed by atoms with Crippen molar-refractivity contribution in [2.45, 2.75) is 57.6 Å². The van der Waals surface area contributed by atoms with Crippen molar-refractivity contribution in [3.63, 3.8) is 0 Å². The van der Waals surface area contributed by atoms with Crippen LogP contribution in [0.25, 0.3) is 0 Å². The highest BCUT2D eigenvalue weighted by atomic mass is 32.2. The molecule has 0 aromatic carbocycles. The van der Waals surface area contributed by atoms with Gasteiger partial charge in [-0.25, -0.2) is 8.42 Å². The number of morpholine rings is 1. The van der Waals surface area contributed by atoms with Gasteiger partial charge in [-0.15, -0.1) is 0 Å². The Bertz CT molecular complexity index is 768. The minimum Gasteiger partial charge on any atom is -0.375 e. The molecule has 1 atom stereocenters. The van der Waals surface area contributed by atoms with E-state index in [-0.39, 0.29) is 23.5 Å². The summed E-state index contributed by atoms with van der Waals surface area (Å²) in [7, 11) is -3.57. The van der Waals surface area contributed by atoms with Gasteiger partial charge in [-0.1, -0.05) is 6.42 Å². The number of sulfonamides is 1. The first-order valence-corrected chi connectivity index (χ1v) is 10.7. The van der Waals surface area contributed by atoms with E-state index < -0.39 is 10.0 Å². The number of hydrogen-bond donors (Lipinski definition) is 0. The lowest BCUT2D eigenvalue weighted by Crippen LogP contribution is -2.45. The summed E-state index contributed by atoms with van der Waals surface area (Å²) in [4.78, 5) is 14.6. The SMILES string of the molecule is Cc1nn(CC(=O)N2CCOC(C)C2)c(C)c1S(=O)(=O)N1CCCCC1. The number of nitrogens with zero attached hydrogens (tertiary/aromatic N) is 4. The van der Waals surface area contributed by atoms with Crippen molar-refractivity contribution in [2.75, 3.05) is 32.8 Å². The summed E-state index contributed by atoms with van der Waals surface area (Å²) in [6.07, 6.45) is 2.86. The second kappa shape index (κ2) is 7.66. The van der Waals surface area contributed by atoms with Crippen molar-refractivity contribution in [2.24, 2.45) is 0 Å². The van der Waals surface area contributed by atoms with Gasteiger partial charge in [0, 0.05) is 26.2 Å². The van der Waals surface area contributed by atoms with E-state index in [0.717, 1.165) is 19.3 Å². The van der Waals surface area contributed by atoms with Gasteiger partial charge in [0.1, 0.15) is 11.4 Å². The zero-order valence-electron chi connectivity index (χ0n) is 15.8. The van der Waals surface area contributed by atoms with E-state index in [9.17, 15) is 13.2 Å². The number of rotatable bonds is 4. The van der Waals surface area contributed by atoms with Gasteiger partial charge in [0.2, 0.25) is 15.9 Å². The molecule has 0 bridgehead atoms. The molecule has 1 aromatic heterocycles. The Morgan fingerprint density at radius 3 is 2.54 bits per heavy atom. The van der Waals surface area contributed by atoms with E-state index in [1.165, 1.54) is 4.68 Å². The third kappa shape index (κ3) is 3.79. The lowest BCUT2D eigenvalue weighted by molar-refractivity contribution is -0.139. The Kier molecular flexibility index (Phi) is 5.69. The molecule has 2 saturated heterocycles. The molecular weight excluding hydrogens is 356 g/mol. The molecule has 2 aliphatic rings. The molecule has 2 fully saturated rings. The van der Waals surface area contributed by atoms with Crippen LogP contribution in [-0.4, -0.2) is 72.2 Å². The molecule has 0 spiro atoms. The normalized spacial score (nSPS) is 22.6. The maximum Gasteiger partial charge on any atom is 0.246 e. The van der Waals surface area contributed by atoms with E-state index in [1.807, 2.05) is 6.92 Å². The minimum atomic E-state index is -3.57. The van der Waals surface area contributed by atoms with Gasteiger partial charge in [-0.2, -0.15) is 9.40 Å². The fourth-order valence-corrected chi connectivity index (χ4v) is 5.61. The van der Waals surface area contributed by atoms with Gasteiger partial charge >= 0.3 is 0 Å².